The molecule has 0 atom stereocenters. The van der Waals surface area contributed by atoms with Gasteiger partial charge in [-0.1, -0.05) is 23.9 Å². The summed E-state index contributed by atoms with van der Waals surface area (Å²) in [6.45, 7) is 0.00720. The number of hydrogen-bond donors (Lipinski definition) is 0. The highest BCUT2D eigenvalue weighted by Gasteiger charge is 2.39. The van der Waals surface area contributed by atoms with Gasteiger partial charge in [0, 0.05) is 6.08 Å². The van der Waals surface area contributed by atoms with Crippen molar-refractivity contribution >= 4 is 34.6 Å². The molecule has 1 fully saturated rings. The van der Waals surface area contributed by atoms with Gasteiger partial charge >= 0.3 is 6.18 Å². The summed E-state index contributed by atoms with van der Waals surface area (Å²) in [7, 11) is 0. The fourth-order valence-electron chi connectivity index (χ4n) is 2.76. The summed E-state index contributed by atoms with van der Waals surface area (Å²) in [5, 5.41) is 0.480. The molecule has 5 nitrogen and oxygen atoms in total. The van der Waals surface area contributed by atoms with Crippen LogP contribution < -0.4 is 4.90 Å². The second-order valence-electron chi connectivity index (χ2n) is 5.64. The average Bonchev–Trinajstić information content (AvgIpc) is 3.23. The number of alkyl halides is 3. The van der Waals surface area contributed by atoms with Gasteiger partial charge < -0.3 is 9.32 Å². The fraction of sp³-hybridized carbons (Fsp3) is 0.176. The first-order valence-corrected chi connectivity index (χ1v) is 8.62. The van der Waals surface area contributed by atoms with Gasteiger partial charge in [-0.05, 0) is 24.3 Å². The number of fused-ring (bicyclic) bond motifs is 1. The smallest absolute Gasteiger partial charge is 0.418 e. The first-order chi connectivity index (χ1) is 12.4. The van der Waals surface area contributed by atoms with Crippen LogP contribution in [0.4, 0.5) is 18.9 Å². The zero-order chi connectivity index (χ0) is 18.3. The first kappa shape index (κ1) is 16.8. The molecule has 9 heteroatoms. The Kier molecular flexibility index (Phi) is 4.03. The number of benzene rings is 1. The van der Waals surface area contributed by atoms with Gasteiger partial charge in [-0.2, -0.15) is 13.2 Å². The number of anilines is 1. The Labute approximate surface area is 150 Å². The Morgan fingerprint density at radius 2 is 2.00 bits per heavy atom. The molecule has 2 aromatic rings. The molecule has 1 aromatic carbocycles. The molecule has 0 saturated carbocycles. The second kappa shape index (κ2) is 6.24. The highest BCUT2D eigenvalue weighted by molar-refractivity contribution is 8.14. The Balaban J connectivity index is 1.60. The van der Waals surface area contributed by atoms with E-state index in [-0.39, 0.29) is 29.8 Å². The molecular formula is C17H12F3N3O2S. The molecule has 3 heterocycles. The van der Waals surface area contributed by atoms with E-state index >= 15 is 0 Å². The SMILES string of the molecule is O=C1/C(=C/c2ccco2)N=C2SCN(c3ccccc3C(F)(F)F)CN12. The number of carbonyl (C=O) groups excluding carboxylic acids is 1. The molecule has 26 heavy (non-hydrogen) atoms. The van der Waals surface area contributed by atoms with Gasteiger partial charge in [0.15, 0.2) is 5.17 Å². The minimum Gasteiger partial charge on any atom is -0.465 e. The Morgan fingerprint density at radius 3 is 2.73 bits per heavy atom. The average molecular weight is 379 g/mol. The number of aliphatic imine (C=N–C) groups is 1. The number of thioether (sulfide) groups is 1. The number of rotatable bonds is 2. The van der Waals surface area contributed by atoms with E-state index in [0.717, 1.165) is 6.07 Å². The summed E-state index contributed by atoms with van der Waals surface area (Å²) in [5.74, 6) is 0.393. The quantitative estimate of drug-likeness (QED) is 0.740. The van der Waals surface area contributed by atoms with Crippen LogP contribution in [0.25, 0.3) is 6.08 Å². The van der Waals surface area contributed by atoms with Crippen LogP contribution in [0, 0.1) is 0 Å². The maximum atomic E-state index is 13.3. The number of para-hydroxylation sites is 1. The summed E-state index contributed by atoms with van der Waals surface area (Å²) in [6.07, 6.45) is -1.46. The lowest BCUT2D eigenvalue weighted by molar-refractivity contribution is -0.137. The summed E-state index contributed by atoms with van der Waals surface area (Å²) in [6, 6.07) is 8.73. The van der Waals surface area contributed by atoms with Gasteiger partial charge in [0.25, 0.3) is 5.91 Å². The summed E-state index contributed by atoms with van der Waals surface area (Å²) < 4.78 is 45.0. The largest absolute Gasteiger partial charge is 0.465 e. The van der Waals surface area contributed by atoms with Crippen molar-refractivity contribution in [3.8, 4) is 0 Å². The third kappa shape index (κ3) is 2.98. The molecule has 2 aliphatic rings. The molecule has 0 aliphatic carbocycles. The maximum absolute atomic E-state index is 13.3. The van der Waals surface area contributed by atoms with Gasteiger partial charge in [0.1, 0.15) is 18.1 Å². The molecule has 1 amide bonds. The van der Waals surface area contributed by atoms with Gasteiger partial charge in [-0.3, -0.25) is 9.69 Å². The van der Waals surface area contributed by atoms with Crippen LogP contribution >= 0.6 is 11.8 Å². The number of carbonyl (C=O) groups is 1. The first-order valence-electron chi connectivity index (χ1n) is 7.63. The van der Waals surface area contributed by atoms with Crippen LogP contribution in [-0.2, 0) is 11.0 Å². The van der Waals surface area contributed by atoms with E-state index in [9.17, 15) is 18.0 Å². The van der Waals surface area contributed by atoms with Crippen molar-refractivity contribution in [2.45, 2.75) is 6.18 Å². The topological polar surface area (TPSA) is 49.1 Å². The van der Waals surface area contributed by atoms with Gasteiger partial charge in [-0.25, -0.2) is 4.99 Å². The van der Waals surface area contributed by atoms with E-state index in [4.69, 9.17) is 4.42 Å². The molecule has 0 spiro atoms. The minimum absolute atomic E-state index is 0.00720. The summed E-state index contributed by atoms with van der Waals surface area (Å²) in [5.41, 5.74) is -0.477. The number of hydrogen-bond acceptors (Lipinski definition) is 5. The van der Waals surface area contributed by atoms with Crippen LogP contribution in [0.5, 0.6) is 0 Å². The highest BCUT2D eigenvalue weighted by Crippen LogP contribution is 2.39. The van der Waals surface area contributed by atoms with E-state index in [1.165, 1.54) is 46.0 Å². The van der Waals surface area contributed by atoms with E-state index < -0.39 is 11.7 Å². The van der Waals surface area contributed by atoms with Crippen molar-refractivity contribution in [3.05, 3.63) is 59.7 Å². The van der Waals surface area contributed by atoms with Crippen LogP contribution in [0.15, 0.2) is 57.8 Å². The zero-order valence-electron chi connectivity index (χ0n) is 13.2. The summed E-state index contributed by atoms with van der Waals surface area (Å²) >= 11 is 1.22. The van der Waals surface area contributed by atoms with Crippen molar-refractivity contribution in [3.63, 3.8) is 0 Å². The predicted molar refractivity (Wildman–Crippen MR) is 92.2 cm³/mol. The second-order valence-corrected chi connectivity index (χ2v) is 6.55. The van der Waals surface area contributed by atoms with Crippen LogP contribution in [0.2, 0.25) is 0 Å². The molecular weight excluding hydrogens is 367 g/mol. The van der Waals surface area contributed by atoms with E-state index in [1.54, 1.807) is 18.2 Å². The highest BCUT2D eigenvalue weighted by atomic mass is 32.2. The number of amides is 1. The van der Waals surface area contributed by atoms with Gasteiger partial charge in [0.2, 0.25) is 0 Å². The van der Waals surface area contributed by atoms with Crippen molar-refractivity contribution < 1.29 is 22.4 Å². The summed E-state index contributed by atoms with van der Waals surface area (Å²) in [4.78, 5) is 19.7. The van der Waals surface area contributed by atoms with E-state index in [1.807, 2.05) is 0 Å². The molecule has 1 aromatic heterocycles. The van der Waals surface area contributed by atoms with Crippen molar-refractivity contribution in [2.24, 2.45) is 4.99 Å². The standard InChI is InChI=1S/C17H12F3N3O2S/c18-17(19,20)12-5-1-2-6-14(12)22-9-23-15(24)13(21-16(23)26-10-22)8-11-4-3-7-25-11/h1-8H,9-10H2/b13-8-. The van der Waals surface area contributed by atoms with Crippen molar-refractivity contribution in [2.75, 3.05) is 17.4 Å². The Hall–Kier alpha value is -2.68. The minimum atomic E-state index is -4.46. The fourth-order valence-corrected chi connectivity index (χ4v) is 3.71. The van der Waals surface area contributed by atoms with Crippen LogP contribution in [0.1, 0.15) is 11.3 Å². The molecule has 2 aliphatic heterocycles. The lowest BCUT2D eigenvalue weighted by atomic mass is 10.1. The Morgan fingerprint density at radius 1 is 1.19 bits per heavy atom. The predicted octanol–water partition coefficient (Wildman–Crippen LogP) is 4.01. The molecule has 0 radical (unpaired) electrons. The molecule has 134 valence electrons. The normalized spacial score (nSPS) is 19.1. The van der Waals surface area contributed by atoms with Crippen molar-refractivity contribution in [1.82, 2.24) is 4.90 Å². The molecule has 0 N–H and O–H groups in total. The molecule has 0 unspecified atom stereocenters. The monoisotopic (exact) mass is 379 g/mol. The lowest BCUT2D eigenvalue weighted by Crippen LogP contribution is -2.46. The van der Waals surface area contributed by atoms with Crippen LogP contribution in [0.3, 0.4) is 0 Å². The number of nitrogens with zero attached hydrogens (tertiary/aromatic N) is 3. The molecule has 4 rings (SSSR count). The number of halogens is 3. The maximum Gasteiger partial charge on any atom is 0.418 e. The van der Waals surface area contributed by atoms with Gasteiger partial charge in [-0.15, -0.1) is 0 Å². The van der Waals surface area contributed by atoms with Gasteiger partial charge in [0.05, 0.1) is 23.4 Å². The molecule has 0 bridgehead atoms. The number of furan rings is 1. The third-order valence-electron chi connectivity index (χ3n) is 3.95. The van der Waals surface area contributed by atoms with E-state index in [0.29, 0.717) is 10.9 Å². The zero-order valence-corrected chi connectivity index (χ0v) is 14.0. The van der Waals surface area contributed by atoms with Crippen LogP contribution in [-0.4, -0.2) is 28.5 Å². The lowest BCUT2D eigenvalue weighted by Gasteiger charge is -2.35. The molecule has 1 saturated heterocycles. The van der Waals surface area contributed by atoms with E-state index in [2.05, 4.69) is 4.99 Å². The number of amidine groups is 1. The third-order valence-corrected chi connectivity index (χ3v) is 4.96. The van der Waals surface area contributed by atoms with Crippen molar-refractivity contribution in [1.29, 1.82) is 0 Å². The Bertz CT molecular complexity index is 906.